The molecule has 2 N–H and O–H groups in total. The van der Waals surface area contributed by atoms with Crippen molar-refractivity contribution in [3.05, 3.63) is 59.2 Å². The number of phenols is 1. The Morgan fingerprint density at radius 2 is 1.82 bits per heavy atom. The zero-order valence-corrected chi connectivity index (χ0v) is 19.2. The summed E-state index contributed by atoms with van der Waals surface area (Å²) in [5, 5.41) is 21.3. The first kappa shape index (κ1) is 23.6. The van der Waals surface area contributed by atoms with Gasteiger partial charge in [-0.25, -0.2) is 0 Å². The minimum atomic E-state index is -0.846. The Labute approximate surface area is 197 Å². The number of carbonyl (C=O) groups is 2. The fourth-order valence-electron chi connectivity index (χ4n) is 4.32. The number of likely N-dealkylation sites (tertiary alicyclic amines) is 1. The highest BCUT2D eigenvalue weighted by Gasteiger charge is 2.46. The van der Waals surface area contributed by atoms with Gasteiger partial charge in [0.25, 0.3) is 11.7 Å². The number of carbonyl (C=O) groups excluding carboxylic acids is 2. The zero-order chi connectivity index (χ0) is 24.2. The van der Waals surface area contributed by atoms with Crippen LogP contribution in [0.2, 0.25) is 0 Å². The average Bonchev–Trinajstić information content (AvgIpc) is 3.12. The molecular formula is C25H28N2O7. The third-order valence-electron chi connectivity index (χ3n) is 6.16. The molecular weight excluding hydrogens is 440 g/mol. The van der Waals surface area contributed by atoms with Gasteiger partial charge in [0.2, 0.25) is 0 Å². The van der Waals surface area contributed by atoms with Crippen molar-refractivity contribution in [3.8, 4) is 17.2 Å². The van der Waals surface area contributed by atoms with E-state index in [2.05, 4.69) is 4.90 Å². The van der Waals surface area contributed by atoms with Crippen LogP contribution in [0.25, 0.3) is 5.76 Å². The third-order valence-corrected chi connectivity index (χ3v) is 6.16. The zero-order valence-electron chi connectivity index (χ0n) is 19.2. The number of aliphatic hydroxyl groups excluding tert-OH is 1. The Bertz CT molecular complexity index is 1110. The lowest BCUT2D eigenvalue weighted by Crippen LogP contribution is -2.42. The second-order valence-electron chi connectivity index (χ2n) is 8.11. The molecule has 0 saturated carbocycles. The van der Waals surface area contributed by atoms with Crippen molar-refractivity contribution < 1.29 is 34.0 Å². The van der Waals surface area contributed by atoms with Crippen molar-refractivity contribution in [2.45, 2.75) is 6.04 Å². The molecule has 4 rings (SSSR count). The van der Waals surface area contributed by atoms with Gasteiger partial charge in [0.15, 0.2) is 11.5 Å². The van der Waals surface area contributed by atoms with Crippen molar-refractivity contribution in [1.82, 2.24) is 9.80 Å². The SMILES string of the molecule is COc1cccc(C(O)=C2C(=O)C(=O)N(CCN3CCOCC3)C2c2ccc(O)c(OC)c2)c1. The number of Topliss-reactive ketones (excluding diaryl/α,β-unsaturated/α-hetero) is 1. The number of morpholine rings is 1. The molecule has 2 aromatic carbocycles. The number of amides is 1. The number of hydrogen-bond donors (Lipinski definition) is 2. The van der Waals surface area contributed by atoms with E-state index in [1.807, 2.05) is 0 Å². The molecule has 1 amide bonds. The summed E-state index contributed by atoms with van der Waals surface area (Å²) in [4.78, 5) is 30.0. The first-order chi connectivity index (χ1) is 16.4. The van der Waals surface area contributed by atoms with Gasteiger partial charge in [-0.05, 0) is 29.8 Å². The summed E-state index contributed by atoms with van der Waals surface area (Å²) in [6, 6.07) is 10.5. The molecule has 2 heterocycles. The summed E-state index contributed by atoms with van der Waals surface area (Å²) >= 11 is 0. The molecule has 0 bridgehead atoms. The number of aromatic hydroxyl groups is 1. The van der Waals surface area contributed by atoms with Crippen LogP contribution in [0.15, 0.2) is 48.0 Å². The number of nitrogens with zero attached hydrogens (tertiary/aromatic N) is 2. The highest BCUT2D eigenvalue weighted by molar-refractivity contribution is 6.46. The Balaban J connectivity index is 1.78. The second-order valence-corrected chi connectivity index (χ2v) is 8.11. The minimum absolute atomic E-state index is 0.0204. The Morgan fingerprint density at radius 3 is 2.53 bits per heavy atom. The van der Waals surface area contributed by atoms with Crippen LogP contribution in [0, 0.1) is 0 Å². The molecule has 0 aliphatic carbocycles. The average molecular weight is 469 g/mol. The molecule has 1 unspecified atom stereocenters. The highest BCUT2D eigenvalue weighted by atomic mass is 16.5. The van der Waals surface area contributed by atoms with Gasteiger partial charge in [0.05, 0.1) is 39.0 Å². The third kappa shape index (κ3) is 4.57. The highest BCUT2D eigenvalue weighted by Crippen LogP contribution is 2.41. The van der Waals surface area contributed by atoms with E-state index in [0.29, 0.717) is 36.6 Å². The Morgan fingerprint density at radius 1 is 1.06 bits per heavy atom. The van der Waals surface area contributed by atoms with Crippen molar-refractivity contribution in [3.63, 3.8) is 0 Å². The Hall–Kier alpha value is -3.56. The summed E-state index contributed by atoms with van der Waals surface area (Å²) in [7, 11) is 2.93. The molecule has 2 fully saturated rings. The van der Waals surface area contributed by atoms with E-state index >= 15 is 0 Å². The predicted molar refractivity (Wildman–Crippen MR) is 124 cm³/mol. The molecule has 9 nitrogen and oxygen atoms in total. The van der Waals surface area contributed by atoms with E-state index in [9.17, 15) is 19.8 Å². The van der Waals surface area contributed by atoms with Crippen molar-refractivity contribution >= 4 is 17.4 Å². The standard InChI is InChI=1S/C25H28N2O7/c1-32-18-5-3-4-17(14-18)23(29)21-22(16-6-7-19(28)20(15-16)33-2)27(25(31)24(21)30)9-8-26-10-12-34-13-11-26/h3-7,14-15,22,28-29H,8-13H2,1-2H3. The number of rotatable bonds is 7. The number of ketones is 1. The van der Waals surface area contributed by atoms with Gasteiger partial charge >= 0.3 is 0 Å². The van der Waals surface area contributed by atoms with Crippen LogP contribution < -0.4 is 9.47 Å². The van der Waals surface area contributed by atoms with E-state index in [-0.39, 0.29) is 29.4 Å². The van der Waals surface area contributed by atoms with E-state index in [1.54, 1.807) is 36.4 Å². The lowest BCUT2D eigenvalue weighted by Gasteiger charge is -2.31. The molecule has 34 heavy (non-hydrogen) atoms. The maximum Gasteiger partial charge on any atom is 0.295 e. The molecule has 2 saturated heterocycles. The number of methoxy groups -OCH3 is 2. The van der Waals surface area contributed by atoms with E-state index < -0.39 is 17.7 Å². The fraction of sp³-hybridized carbons (Fsp3) is 0.360. The molecule has 9 heteroatoms. The normalized spacial score (nSPS) is 20.5. The summed E-state index contributed by atoms with van der Waals surface area (Å²) < 4.78 is 15.9. The maximum atomic E-state index is 13.2. The molecule has 180 valence electrons. The Kier molecular flexibility index (Phi) is 7.04. The van der Waals surface area contributed by atoms with Crippen LogP contribution in [0.5, 0.6) is 17.2 Å². The van der Waals surface area contributed by atoms with E-state index in [0.717, 1.165) is 13.1 Å². The number of benzene rings is 2. The van der Waals surface area contributed by atoms with Gasteiger partial charge in [-0.1, -0.05) is 18.2 Å². The molecule has 0 spiro atoms. The van der Waals surface area contributed by atoms with Crippen LogP contribution in [0.3, 0.4) is 0 Å². The lowest BCUT2D eigenvalue weighted by molar-refractivity contribution is -0.140. The monoisotopic (exact) mass is 468 g/mol. The van der Waals surface area contributed by atoms with Gasteiger partial charge < -0.3 is 29.3 Å². The van der Waals surface area contributed by atoms with Gasteiger partial charge in [-0.2, -0.15) is 0 Å². The van der Waals surface area contributed by atoms with Crippen molar-refractivity contribution in [1.29, 1.82) is 0 Å². The van der Waals surface area contributed by atoms with E-state index in [4.69, 9.17) is 14.2 Å². The van der Waals surface area contributed by atoms with Crippen LogP contribution in [0.1, 0.15) is 17.2 Å². The molecule has 0 aromatic heterocycles. The second kappa shape index (κ2) is 10.1. The summed E-state index contributed by atoms with van der Waals surface area (Å²) in [6.07, 6.45) is 0. The molecule has 0 radical (unpaired) electrons. The smallest absolute Gasteiger partial charge is 0.295 e. The lowest BCUT2D eigenvalue weighted by atomic mass is 9.95. The van der Waals surface area contributed by atoms with Gasteiger partial charge in [0, 0.05) is 31.7 Å². The predicted octanol–water partition coefficient (Wildman–Crippen LogP) is 2.16. The van der Waals surface area contributed by atoms with Gasteiger partial charge in [-0.15, -0.1) is 0 Å². The summed E-state index contributed by atoms with van der Waals surface area (Å²) in [6.45, 7) is 3.56. The largest absolute Gasteiger partial charge is 0.507 e. The molecule has 2 aliphatic rings. The number of phenolic OH excluding ortho intramolecular Hbond substituents is 1. The van der Waals surface area contributed by atoms with Gasteiger partial charge in [-0.3, -0.25) is 14.5 Å². The van der Waals surface area contributed by atoms with Crippen molar-refractivity contribution in [2.75, 3.05) is 53.6 Å². The van der Waals surface area contributed by atoms with Crippen LogP contribution >= 0.6 is 0 Å². The summed E-state index contributed by atoms with van der Waals surface area (Å²) in [5.41, 5.74) is 0.884. The van der Waals surface area contributed by atoms with Crippen LogP contribution in [-0.4, -0.2) is 85.3 Å². The van der Waals surface area contributed by atoms with Crippen molar-refractivity contribution in [2.24, 2.45) is 0 Å². The molecule has 2 aromatic rings. The number of hydrogen-bond acceptors (Lipinski definition) is 8. The number of aliphatic hydroxyl groups is 1. The molecule has 2 aliphatic heterocycles. The summed E-state index contributed by atoms with van der Waals surface area (Å²) in [5.74, 6) is -1.09. The maximum absolute atomic E-state index is 13.2. The van der Waals surface area contributed by atoms with E-state index in [1.165, 1.54) is 25.2 Å². The van der Waals surface area contributed by atoms with Crippen LogP contribution in [0.4, 0.5) is 0 Å². The topological polar surface area (TPSA) is 109 Å². The minimum Gasteiger partial charge on any atom is -0.507 e. The molecule has 1 atom stereocenters. The van der Waals surface area contributed by atoms with Gasteiger partial charge in [0.1, 0.15) is 11.5 Å². The number of ether oxygens (including phenoxy) is 3. The first-order valence-corrected chi connectivity index (χ1v) is 11.0. The quantitative estimate of drug-likeness (QED) is 0.362. The first-order valence-electron chi connectivity index (χ1n) is 11.0. The fourth-order valence-corrected chi connectivity index (χ4v) is 4.32. The van der Waals surface area contributed by atoms with Crippen LogP contribution in [-0.2, 0) is 14.3 Å².